The van der Waals surface area contributed by atoms with E-state index in [1.54, 1.807) is 29.5 Å². The van der Waals surface area contributed by atoms with Gasteiger partial charge in [0.1, 0.15) is 22.3 Å². The fraction of sp³-hybridized carbons (Fsp3) is 0.333. The van der Waals surface area contributed by atoms with Crippen LogP contribution in [-0.2, 0) is 11.3 Å². The van der Waals surface area contributed by atoms with Crippen molar-refractivity contribution < 1.29 is 14.3 Å². The van der Waals surface area contributed by atoms with Crippen LogP contribution >= 0.6 is 11.3 Å². The minimum Gasteiger partial charge on any atom is -0.464 e. The summed E-state index contributed by atoms with van der Waals surface area (Å²) in [5.74, 6) is -1.17. The molecule has 10 nitrogen and oxygen atoms in total. The highest BCUT2D eigenvalue weighted by Gasteiger charge is 2.29. The molecule has 35 heavy (non-hydrogen) atoms. The fourth-order valence-electron chi connectivity index (χ4n) is 4.06. The van der Waals surface area contributed by atoms with E-state index in [-0.39, 0.29) is 34.6 Å². The number of amides is 1. The summed E-state index contributed by atoms with van der Waals surface area (Å²) < 4.78 is 4.69. The Balaban J connectivity index is 1.38. The number of esters is 1. The molecule has 11 heteroatoms. The van der Waals surface area contributed by atoms with Gasteiger partial charge in [-0.05, 0) is 31.0 Å². The number of rotatable bonds is 6. The molecule has 3 aromatic heterocycles. The van der Waals surface area contributed by atoms with Gasteiger partial charge in [-0.25, -0.2) is 14.8 Å². The Morgan fingerprint density at radius 1 is 1.31 bits per heavy atom. The van der Waals surface area contributed by atoms with E-state index in [1.807, 2.05) is 30.5 Å². The van der Waals surface area contributed by atoms with Crippen molar-refractivity contribution in [1.29, 1.82) is 5.26 Å². The number of pyridine rings is 2. The molecule has 4 rings (SSSR count). The standard InChI is InChI=1S/C24H25N7O3S/c1-30(23(32)20-11-18(26)17(12-25)21(29-20)24(33)34-2)15-6-9-31(10-7-15)14-16-13-28-22(35-16)19-5-3-4-8-27-19/h3-5,8,11,13,15H,6-7,9-10,14H2,1-2H3,(H2,26,29). The minimum atomic E-state index is -0.812. The smallest absolute Gasteiger partial charge is 0.358 e. The maximum atomic E-state index is 13.1. The molecular weight excluding hydrogens is 466 g/mol. The number of piperidine rings is 1. The lowest BCUT2D eigenvalue weighted by Gasteiger charge is -2.36. The number of nitrogens with two attached hydrogens (primary N) is 1. The molecule has 0 atom stereocenters. The van der Waals surface area contributed by atoms with Crippen molar-refractivity contribution >= 4 is 28.9 Å². The predicted octanol–water partition coefficient (Wildman–Crippen LogP) is 2.58. The summed E-state index contributed by atoms with van der Waals surface area (Å²) >= 11 is 1.64. The number of thiazole rings is 1. The van der Waals surface area contributed by atoms with Crippen LogP contribution in [0.4, 0.5) is 5.69 Å². The maximum Gasteiger partial charge on any atom is 0.358 e. The molecule has 0 spiro atoms. The lowest BCUT2D eigenvalue weighted by molar-refractivity contribution is 0.0592. The zero-order chi connectivity index (χ0) is 24.9. The van der Waals surface area contributed by atoms with Gasteiger partial charge in [0.15, 0.2) is 5.69 Å². The van der Waals surface area contributed by atoms with Gasteiger partial charge in [-0.1, -0.05) is 6.07 Å². The zero-order valence-electron chi connectivity index (χ0n) is 19.5. The number of ether oxygens (including phenoxy) is 1. The van der Waals surface area contributed by atoms with Crippen molar-refractivity contribution in [2.75, 3.05) is 33.0 Å². The molecule has 1 amide bonds. The number of carbonyl (C=O) groups is 2. The largest absolute Gasteiger partial charge is 0.464 e. The molecule has 0 radical (unpaired) electrons. The highest BCUT2D eigenvalue weighted by molar-refractivity contribution is 7.14. The Labute approximate surface area is 207 Å². The molecule has 4 heterocycles. The second-order valence-electron chi connectivity index (χ2n) is 8.19. The Hall–Kier alpha value is -3.88. The van der Waals surface area contributed by atoms with Gasteiger partial charge in [-0.15, -0.1) is 11.3 Å². The first-order valence-corrected chi connectivity index (χ1v) is 11.9. The summed E-state index contributed by atoms with van der Waals surface area (Å²) in [5, 5.41) is 10.2. The Kier molecular flexibility index (Phi) is 7.33. The van der Waals surface area contributed by atoms with Gasteiger partial charge in [0.25, 0.3) is 5.91 Å². The number of nitriles is 1. The van der Waals surface area contributed by atoms with Gasteiger partial charge in [-0.2, -0.15) is 5.26 Å². The summed E-state index contributed by atoms with van der Waals surface area (Å²) in [4.78, 5) is 43.3. The van der Waals surface area contributed by atoms with Crippen LogP contribution in [0.1, 0.15) is 44.3 Å². The first-order valence-electron chi connectivity index (χ1n) is 11.1. The number of nitrogens with zero attached hydrogens (tertiary/aromatic N) is 6. The van der Waals surface area contributed by atoms with E-state index in [0.29, 0.717) is 0 Å². The average Bonchev–Trinajstić information content (AvgIpc) is 3.36. The molecule has 0 bridgehead atoms. The minimum absolute atomic E-state index is 0.0125. The monoisotopic (exact) mass is 491 g/mol. The topological polar surface area (TPSA) is 138 Å². The Morgan fingerprint density at radius 2 is 2.09 bits per heavy atom. The molecule has 1 fully saturated rings. The summed E-state index contributed by atoms with van der Waals surface area (Å²) in [6.07, 6.45) is 5.25. The number of carbonyl (C=O) groups excluding carboxylic acids is 2. The summed E-state index contributed by atoms with van der Waals surface area (Å²) in [6, 6.07) is 8.98. The van der Waals surface area contributed by atoms with Crippen molar-refractivity contribution in [3.63, 3.8) is 0 Å². The van der Waals surface area contributed by atoms with E-state index in [0.717, 1.165) is 43.2 Å². The quantitative estimate of drug-likeness (QED) is 0.515. The first-order chi connectivity index (χ1) is 16.9. The van der Waals surface area contributed by atoms with Crippen molar-refractivity contribution in [2.45, 2.75) is 25.4 Å². The van der Waals surface area contributed by atoms with Crippen molar-refractivity contribution in [3.8, 4) is 16.8 Å². The van der Waals surface area contributed by atoms with Gasteiger partial charge in [-0.3, -0.25) is 14.7 Å². The second kappa shape index (κ2) is 10.6. The molecule has 0 unspecified atom stereocenters. The predicted molar refractivity (Wildman–Crippen MR) is 130 cm³/mol. The third-order valence-corrected chi connectivity index (χ3v) is 7.01. The summed E-state index contributed by atoms with van der Waals surface area (Å²) in [5.41, 5.74) is 6.46. The molecule has 1 saturated heterocycles. The highest BCUT2D eigenvalue weighted by atomic mass is 32.1. The highest BCUT2D eigenvalue weighted by Crippen LogP contribution is 2.26. The average molecular weight is 492 g/mol. The molecule has 0 saturated carbocycles. The van der Waals surface area contributed by atoms with Crippen LogP contribution in [0.5, 0.6) is 0 Å². The van der Waals surface area contributed by atoms with Crippen molar-refractivity contribution in [1.82, 2.24) is 24.8 Å². The van der Waals surface area contributed by atoms with Crippen LogP contribution in [0.15, 0.2) is 36.7 Å². The SMILES string of the molecule is COC(=O)c1nc(C(=O)N(C)C2CCN(Cc3cnc(-c4ccccn4)s3)CC2)cc(N)c1C#N. The van der Waals surface area contributed by atoms with Gasteiger partial charge in [0, 0.05) is 50.0 Å². The number of likely N-dealkylation sites (tertiary alicyclic amines) is 1. The van der Waals surface area contributed by atoms with E-state index >= 15 is 0 Å². The van der Waals surface area contributed by atoms with Gasteiger partial charge < -0.3 is 15.4 Å². The molecule has 0 aliphatic carbocycles. The van der Waals surface area contributed by atoms with E-state index in [1.165, 1.54) is 18.1 Å². The molecular formula is C24H25N7O3S. The molecule has 1 aliphatic heterocycles. The first kappa shape index (κ1) is 24.3. The van der Waals surface area contributed by atoms with Gasteiger partial charge in [0.2, 0.25) is 0 Å². The third kappa shape index (κ3) is 5.29. The fourth-order valence-corrected chi connectivity index (χ4v) is 4.99. The molecule has 2 N–H and O–H groups in total. The Morgan fingerprint density at radius 3 is 2.74 bits per heavy atom. The summed E-state index contributed by atoms with van der Waals surface area (Å²) in [7, 11) is 2.90. The molecule has 180 valence electrons. The number of hydrogen-bond donors (Lipinski definition) is 1. The van der Waals surface area contributed by atoms with Crippen LogP contribution < -0.4 is 5.73 Å². The van der Waals surface area contributed by atoms with Crippen molar-refractivity contribution in [3.05, 3.63) is 58.5 Å². The number of anilines is 1. The van der Waals surface area contributed by atoms with Crippen LogP contribution in [0, 0.1) is 11.3 Å². The Bertz CT molecular complexity index is 1260. The molecule has 0 aromatic carbocycles. The number of methoxy groups -OCH3 is 1. The number of nitrogen functional groups attached to an aromatic ring is 1. The number of hydrogen-bond acceptors (Lipinski definition) is 10. The molecule has 1 aliphatic rings. The van der Waals surface area contributed by atoms with Gasteiger partial charge >= 0.3 is 5.97 Å². The van der Waals surface area contributed by atoms with E-state index < -0.39 is 5.97 Å². The lowest BCUT2D eigenvalue weighted by Crippen LogP contribution is -2.45. The zero-order valence-corrected chi connectivity index (χ0v) is 20.3. The van der Waals surface area contributed by atoms with Crippen LogP contribution in [0.3, 0.4) is 0 Å². The van der Waals surface area contributed by atoms with E-state index in [9.17, 15) is 14.9 Å². The van der Waals surface area contributed by atoms with Crippen LogP contribution in [0.25, 0.3) is 10.7 Å². The van der Waals surface area contributed by atoms with Crippen LogP contribution in [0.2, 0.25) is 0 Å². The lowest BCUT2D eigenvalue weighted by atomic mass is 10.0. The van der Waals surface area contributed by atoms with E-state index in [2.05, 4.69) is 24.6 Å². The second-order valence-corrected chi connectivity index (χ2v) is 9.31. The van der Waals surface area contributed by atoms with Crippen molar-refractivity contribution in [2.24, 2.45) is 0 Å². The van der Waals surface area contributed by atoms with Gasteiger partial charge in [0.05, 0.1) is 18.5 Å². The maximum absolute atomic E-state index is 13.1. The van der Waals surface area contributed by atoms with Crippen LogP contribution in [-0.4, -0.2) is 69.9 Å². The number of aromatic nitrogens is 3. The summed E-state index contributed by atoms with van der Waals surface area (Å²) in [6.45, 7) is 2.45. The van der Waals surface area contributed by atoms with E-state index in [4.69, 9.17) is 5.73 Å². The third-order valence-electron chi connectivity index (χ3n) is 6.00. The normalized spacial score (nSPS) is 14.3. The molecule has 3 aromatic rings.